The number of benzene rings is 2. The first-order valence-electron chi connectivity index (χ1n) is 10.9. The Bertz CT molecular complexity index is 946. The van der Waals surface area contributed by atoms with Crippen molar-refractivity contribution in [3.63, 3.8) is 0 Å². The van der Waals surface area contributed by atoms with Gasteiger partial charge in [-0.3, -0.25) is 14.5 Å². The molecule has 1 aliphatic rings. The molecule has 0 unspecified atom stereocenters. The molecule has 1 fully saturated rings. The van der Waals surface area contributed by atoms with Crippen LogP contribution in [0.3, 0.4) is 0 Å². The van der Waals surface area contributed by atoms with Crippen molar-refractivity contribution in [2.75, 3.05) is 25.5 Å². The van der Waals surface area contributed by atoms with E-state index in [0.29, 0.717) is 23.5 Å². The number of hydrogen-bond donors (Lipinski definition) is 2. The smallest absolute Gasteiger partial charge is 0.255 e. The zero-order valence-corrected chi connectivity index (χ0v) is 19.2. The third-order valence-electron chi connectivity index (χ3n) is 5.43. The first-order valence-corrected chi connectivity index (χ1v) is 10.9. The highest BCUT2D eigenvalue weighted by Crippen LogP contribution is 2.25. The van der Waals surface area contributed by atoms with Gasteiger partial charge in [-0.1, -0.05) is 0 Å². The number of anilines is 1. The van der Waals surface area contributed by atoms with Gasteiger partial charge >= 0.3 is 0 Å². The van der Waals surface area contributed by atoms with Gasteiger partial charge in [0.25, 0.3) is 5.91 Å². The number of hydrogen-bond acceptors (Lipinski definition) is 4. The lowest BCUT2D eigenvalue weighted by Gasteiger charge is -2.33. The highest BCUT2D eigenvalue weighted by atomic mass is 19.1. The average Bonchev–Trinajstić information content (AvgIpc) is 2.73. The number of likely N-dealkylation sites (tertiary alicyclic amines) is 1. The Morgan fingerprint density at radius 3 is 2.34 bits per heavy atom. The summed E-state index contributed by atoms with van der Waals surface area (Å²) in [5, 5.41) is 5.94. The lowest BCUT2D eigenvalue weighted by atomic mass is 9.94. The van der Waals surface area contributed by atoms with Crippen LogP contribution in [0, 0.1) is 11.7 Å². The van der Waals surface area contributed by atoms with E-state index < -0.39 is 0 Å². The van der Waals surface area contributed by atoms with Crippen molar-refractivity contribution in [2.45, 2.75) is 45.7 Å². The maximum absolute atomic E-state index is 13.1. The molecule has 2 aromatic rings. The molecule has 0 bridgehead atoms. The summed E-state index contributed by atoms with van der Waals surface area (Å²) in [7, 11) is 1.59. The molecule has 2 aromatic carbocycles. The Kier molecular flexibility index (Phi) is 7.51. The summed E-state index contributed by atoms with van der Waals surface area (Å²) < 4.78 is 18.5. The highest BCUT2D eigenvalue weighted by molar-refractivity contribution is 6.04. The summed E-state index contributed by atoms with van der Waals surface area (Å²) in [4.78, 5) is 27.2. The van der Waals surface area contributed by atoms with E-state index in [0.717, 1.165) is 31.5 Å². The van der Waals surface area contributed by atoms with Gasteiger partial charge in [0.15, 0.2) is 0 Å². The van der Waals surface area contributed by atoms with Crippen LogP contribution in [0.25, 0.3) is 0 Å². The van der Waals surface area contributed by atoms with E-state index in [9.17, 15) is 14.0 Å². The Morgan fingerprint density at radius 1 is 1.09 bits per heavy atom. The largest absolute Gasteiger partial charge is 0.497 e. The lowest BCUT2D eigenvalue weighted by Crippen LogP contribution is -2.46. The van der Waals surface area contributed by atoms with Crippen molar-refractivity contribution in [3.8, 4) is 5.75 Å². The maximum Gasteiger partial charge on any atom is 0.255 e. The number of carbonyl (C=O) groups is 2. The van der Waals surface area contributed by atoms with Crippen LogP contribution < -0.4 is 15.4 Å². The molecule has 32 heavy (non-hydrogen) atoms. The quantitative estimate of drug-likeness (QED) is 0.704. The van der Waals surface area contributed by atoms with Gasteiger partial charge in [0.2, 0.25) is 5.91 Å². The number of nitrogens with zero attached hydrogens (tertiary/aromatic N) is 1. The molecule has 2 amide bonds. The Hall–Kier alpha value is -2.93. The topological polar surface area (TPSA) is 70.7 Å². The summed E-state index contributed by atoms with van der Waals surface area (Å²) in [5.74, 6) is 0.127. The molecular formula is C25H32FN3O3. The zero-order valence-electron chi connectivity index (χ0n) is 19.2. The molecule has 3 rings (SSSR count). The third kappa shape index (κ3) is 6.79. The van der Waals surface area contributed by atoms with Crippen LogP contribution in [-0.4, -0.2) is 42.5 Å². The van der Waals surface area contributed by atoms with Gasteiger partial charge in [-0.15, -0.1) is 0 Å². The van der Waals surface area contributed by atoms with E-state index in [4.69, 9.17) is 4.74 Å². The predicted molar refractivity (Wildman–Crippen MR) is 123 cm³/mol. The number of methoxy groups -OCH3 is 1. The van der Waals surface area contributed by atoms with Crippen LogP contribution >= 0.6 is 0 Å². The van der Waals surface area contributed by atoms with Crippen molar-refractivity contribution in [1.29, 1.82) is 0 Å². The van der Waals surface area contributed by atoms with Gasteiger partial charge < -0.3 is 15.4 Å². The van der Waals surface area contributed by atoms with Crippen molar-refractivity contribution in [1.82, 2.24) is 10.2 Å². The molecular weight excluding hydrogens is 409 g/mol. The summed E-state index contributed by atoms with van der Waals surface area (Å²) in [5.41, 5.74) is 1.79. The Balaban J connectivity index is 1.62. The molecule has 0 spiro atoms. The van der Waals surface area contributed by atoms with Crippen LogP contribution in [0.4, 0.5) is 10.1 Å². The van der Waals surface area contributed by atoms with E-state index in [1.807, 2.05) is 32.9 Å². The minimum Gasteiger partial charge on any atom is -0.497 e. The average molecular weight is 442 g/mol. The van der Waals surface area contributed by atoms with Crippen LogP contribution in [0.1, 0.15) is 49.5 Å². The van der Waals surface area contributed by atoms with Crippen molar-refractivity contribution in [3.05, 3.63) is 59.4 Å². The fraction of sp³-hybridized carbons (Fsp3) is 0.440. The number of rotatable bonds is 6. The number of carbonyl (C=O) groups excluding carboxylic acids is 2. The summed E-state index contributed by atoms with van der Waals surface area (Å²) in [6.45, 7) is 8.34. The summed E-state index contributed by atoms with van der Waals surface area (Å²) in [6.07, 6.45) is 1.64. The predicted octanol–water partition coefficient (Wildman–Crippen LogP) is 4.21. The van der Waals surface area contributed by atoms with Crippen LogP contribution in [0.2, 0.25) is 0 Å². The van der Waals surface area contributed by atoms with Gasteiger partial charge in [-0.05, 0) is 88.7 Å². The minimum absolute atomic E-state index is 0.0429. The van der Waals surface area contributed by atoms with Gasteiger partial charge in [0, 0.05) is 35.3 Å². The maximum atomic E-state index is 13.1. The molecule has 0 aliphatic carbocycles. The molecule has 0 saturated carbocycles. The molecule has 0 aromatic heterocycles. The van der Waals surface area contributed by atoms with Crippen LogP contribution in [0.5, 0.6) is 5.75 Å². The second-order valence-corrected chi connectivity index (χ2v) is 9.32. The first kappa shape index (κ1) is 23.7. The second kappa shape index (κ2) is 10.1. The zero-order chi connectivity index (χ0) is 23.3. The molecule has 1 saturated heterocycles. The standard InChI is InChI=1S/C25H32FN3O3/c1-25(2,3)28-24(31)19-9-11-29(12-10-19)16-17-13-21(15-22(14-17)32-4)27-23(30)18-5-7-20(26)8-6-18/h5-8,13-15,19H,9-12,16H2,1-4H3,(H,27,30)(H,28,31). The van der Waals surface area contributed by atoms with Crippen LogP contribution in [-0.2, 0) is 11.3 Å². The van der Waals surface area contributed by atoms with E-state index in [2.05, 4.69) is 15.5 Å². The lowest BCUT2D eigenvalue weighted by molar-refractivity contribution is -0.127. The van der Waals surface area contributed by atoms with Gasteiger partial charge in [-0.2, -0.15) is 0 Å². The molecule has 2 N–H and O–H groups in total. The monoisotopic (exact) mass is 441 g/mol. The fourth-order valence-electron chi connectivity index (χ4n) is 3.83. The third-order valence-corrected chi connectivity index (χ3v) is 5.43. The molecule has 1 heterocycles. The van der Waals surface area contributed by atoms with E-state index in [1.165, 1.54) is 24.3 Å². The van der Waals surface area contributed by atoms with Crippen molar-refractivity contribution >= 4 is 17.5 Å². The number of halogens is 1. The SMILES string of the molecule is COc1cc(CN2CCC(C(=O)NC(C)(C)C)CC2)cc(NC(=O)c2ccc(F)cc2)c1. The van der Waals surface area contributed by atoms with Crippen molar-refractivity contribution < 1.29 is 18.7 Å². The van der Waals surface area contributed by atoms with Gasteiger partial charge in [0.05, 0.1) is 7.11 Å². The molecule has 172 valence electrons. The van der Waals surface area contributed by atoms with Crippen molar-refractivity contribution in [2.24, 2.45) is 5.92 Å². The van der Waals surface area contributed by atoms with Gasteiger partial charge in [0.1, 0.15) is 11.6 Å². The number of nitrogens with one attached hydrogen (secondary N) is 2. The fourth-order valence-corrected chi connectivity index (χ4v) is 3.83. The second-order valence-electron chi connectivity index (χ2n) is 9.32. The molecule has 1 aliphatic heterocycles. The van der Waals surface area contributed by atoms with E-state index in [-0.39, 0.29) is 29.1 Å². The summed E-state index contributed by atoms with van der Waals surface area (Å²) in [6, 6.07) is 11.0. The molecule has 6 nitrogen and oxygen atoms in total. The summed E-state index contributed by atoms with van der Waals surface area (Å²) >= 11 is 0. The molecule has 7 heteroatoms. The Morgan fingerprint density at radius 2 is 1.75 bits per heavy atom. The number of piperidine rings is 1. The number of ether oxygens (including phenoxy) is 1. The molecule has 0 radical (unpaired) electrons. The minimum atomic E-state index is -0.384. The van der Waals surface area contributed by atoms with Gasteiger partial charge in [-0.25, -0.2) is 4.39 Å². The Labute approximate surface area is 189 Å². The highest BCUT2D eigenvalue weighted by Gasteiger charge is 2.27. The van der Waals surface area contributed by atoms with Crippen LogP contribution in [0.15, 0.2) is 42.5 Å². The molecule has 0 atom stereocenters. The van der Waals surface area contributed by atoms with E-state index >= 15 is 0 Å². The first-order chi connectivity index (χ1) is 15.1. The normalized spacial score (nSPS) is 15.3. The number of amides is 2. The van der Waals surface area contributed by atoms with E-state index in [1.54, 1.807) is 13.2 Å².